The summed E-state index contributed by atoms with van der Waals surface area (Å²) in [5.74, 6) is -0.495. The van der Waals surface area contributed by atoms with E-state index in [9.17, 15) is 9.59 Å². The van der Waals surface area contributed by atoms with Gasteiger partial charge in [0.05, 0.1) is 18.3 Å². The molecule has 0 bridgehead atoms. The van der Waals surface area contributed by atoms with Gasteiger partial charge in [0.1, 0.15) is 0 Å². The lowest BCUT2D eigenvalue weighted by molar-refractivity contribution is -0.111. The molecule has 0 saturated carbocycles. The van der Waals surface area contributed by atoms with E-state index in [1.54, 1.807) is 24.3 Å². The summed E-state index contributed by atoms with van der Waals surface area (Å²) >= 11 is 0. The zero-order valence-corrected chi connectivity index (χ0v) is 12.7. The Morgan fingerprint density at radius 2 is 1.64 bits per heavy atom. The fourth-order valence-electron chi connectivity index (χ4n) is 1.91. The van der Waals surface area contributed by atoms with Gasteiger partial charge >= 0.3 is 0 Å². The van der Waals surface area contributed by atoms with E-state index >= 15 is 0 Å². The van der Waals surface area contributed by atoms with Crippen molar-refractivity contribution < 1.29 is 9.59 Å². The molecule has 0 spiro atoms. The summed E-state index contributed by atoms with van der Waals surface area (Å²) in [6, 6.07) is 16.3. The normalized spacial score (nSPS) is 10.6. The third-order valence-electron chi connectivity index (χ3n) is 3.15. The van der Waals surface area contributed by atoms with Crippen LogP contribution in [0.1, 0.15) is 16.8 Å². The standard InChI is InChI=1S/C18H18N2O2/c1-20(2)16-10-8-15(9-11-16)19-13-17(21)12-18(22)14-6-4-3-5-7-14/h3-11,13H,12H2,1-2H3. The average molecular weight is 294 g/mol. The summed E-state index contributed by atoms with van der Waals surface area (Å²) in [4.78, 5) is 29.8. The van der Waals surface area contributed by atoms with Gasteiger partial charge in [0.2, 0.25) is 0 Å². The maximum Gasteiger partial charge on any atom is 0.181 e. The quantitative estimate of drug-likeness (QED) is 0.466. The number of carbonyl (C=O) groups excluding carboxylic acids is 2. The molecule has 4 heteroatoms. The number of hydrogen-bond donors (Lipinski definition) is 0. The molecule has 0 aliphatic rings. The van der Waals surface area contributed by atoms with Crippen molar-refractivity contribution in [3.8, 4) is 0 Å². The molecule has 0 radical (unpaired) electrons. The molecular formula is C18H18N2O2. The molecule has 2 aromatic carbocycles. The maximum absolute atomic E-state index is 11.9. The Kier molecular flexibility index (Phi) is 5.20. The minimum Gasteiger partial charge on any atom is -0.378 e. The first-order valence-electron chi connectivity index (χ1n) is 6.99. The highest BCUT2D eigenvalue weighted by Gasteiger charge is 2.09. The van der Waals surface area contributed by atoms with Crippen molar-refractivity contribution in [1.82, 2.24) is 0 Å². The SMILES string of the molecule is CN(C)c1ccc(N=CC(=O)CC(=O)c2ccccc2)cc1. The fraction of sp³-hybridized carbons (Fsp3) is 0.167. The smallest absolute Gasteiger partial charge is 0.181 e. The molecule has 0 atom stereocenters. The minimum absolute atomic E-state index is 0.163. The molecule has 2 rings (SSSR count). The molecular weight excluding hydrogens is 276 g/mol. The Morgan fingerprint density at radius 1 is 1.00 bits per heavy atom. The molecule has 0 heterocycles. The van der Waals surface area contributed by atoms with Gasteiger partial charge in [-0.1, -0.05) is 30.3 Å². The molecule has 0 saturated heterocycles. The molecule has 0 aliphatic heterocycles. The van der Waals surface area contributed by atoms with E-state index in [1.165, 1.54) is 6.21 Å². The van der Waals surface area contributed by atoms with Crippen LogP contribution in [0.5, 0.6) is 0 Å². The number of carbonyl (C=O) groups is 2. The zero-order chi connectivity index (χ0) is 15.9. The second-order valence-corrected chi connectivity index (χ2v) is 5.10. The molecule has 0 aromatic heterocycles. The van der Waals surface area contributed by atoms with Gasteiger partial charge in [0.25, 0.3) is 0 Å². The van der Waals surface area contributed by atoms with Crippen molar-refractivity contribution in [2.45, 2.75) is 6.42 Å². The van der Waals surface area contributed by atoms with E-state index in [0.29, 0.717) is 11.3 Å². The summed E-state index contributed by atoms with van der Waals surface area (Å²) in [5.41, 5.74) is 2.29. The first-order valence-corrected chi connectivity index (χ1v) is 6.99. The fourth-order valence-corrected chi connectivity index (χ4v) is 1.91. The number of Topliss-reactive ketones (excluding diaryl/α,β-unsaturated/α-hetero) is 2. The Labute approximate surface area is 130 Å². The molecule has 0 amide bonds. The van der Waals surface area contributed by atoms with Gasteiger partial charge in [-0.3, -0.25) is 14.6 Å². The zero-order valence-electron chi connectivity index (χ0n) is 12.7. The summed E-state index contributed by atoms with van der Waals surface area (Å²) in [6.45, 7) is 0. The second kappa shape index (κ2) is 7.31. The van der Waals surface area contributed by atoms with E-state index in [4.69, 9.17) is 0 Å². The highest BCUT2D eigenvalue weighted by Crippen LogP contribution is 2.17. The van der Waals surface area contributed by atoms with Crippen LogP contribution in [0.3, 0.4) is 0 Å². The van der Waals surface area contributed by atoms with Gasteiger partial charge in [-0.15, -0.1) is 0 Å². The van der Waals surface area contributed by atoms with Crippen molar-refractivity contribution in [3.05, 3.63) is 60.2 Å². The molecule has 0 aliphatic carbocycles. The molecule has 0 fully saturated rings. The van der Waals surface area contributed by atoms with Gasteiger partial charge < -0.3 is 4.90 Å². The van der Waals surface area contributed by atoms with E-state index in [0.717, 1.165) is 5.69 Å². The van der Waals surface area contributed by atoms with Crippen LogP contribution in [0.15, 0.2) is 59.6 Å². The topological polar surface area (TPSA) is 49.7 Å². The van der Waals surface area contributed by atoms with E-state index in [2.05, 4.69) is 4.99 Å². The van der Waals surface area contributed by atoms with E-state index in [-0.39, 0.29) is 18.0 Å². The number of aliphatic imine (C=N–C) groups is 1. The van der Waals surface area contributed by atoms with Gasteiger partial charge in [-0.25, -0.2) is 0 Å². The van der Waals surface area contributed by atoms with Crippen LogP contribution in [0, 0.1) is 0 Å². The predicted molar refractivity (Wildman–Crippen MR) is 89.3 cm³/mol. The van der Waals surface area contributed by atoms with Crippen LogP contribution in [0.2, 0.25) is 0 Å². The number of benzene rings is 2. The Morgan fingerprint density at radius 3 is 2.23 bits per heavy atom. The van der Waals surface area contributed by atoms with Crippen molar-refractivity contribution in [1.29, 1.82) is 0 Å². The van der Waals surface area contributed by atoms with Crippen molar-refractivity contribution in [2.75, 3.05) is 19.0 Å². The lowest BCUT2D eigenvalue weighted by Crippen LogP contribution is -2.09. The van der Waals surface area contributed by atoms with Crippen LogP contribution in [-0.4, -0.2) is 31.9 Å². The molecule has 22 heavy (non-hydrogen) atoms. The molecule has 4 nitrogen and oxygen atoms in total. The van der Waals surface area contributed by atoms with Crippen LogP contribution < -0.4 is 4.90 Å². The molecule has 0 N–H and O–H groups in total. The monoisotopic (exact) mass is 294 g/mol. The summed E-state index contributed by atoms with van der Waals surface area (Å²) in [5, 5.41) is 0. The van der Waals surface area contributed by atoms with Gasteiger partial charge in [-0.05, 0) is 24.3 Å². The third kappa shape index (κ3) is 4.38. The maximum atomic E-state index is 11.9. The number of ketones is 2. The van der Waals surface area contributed by atoms with Crippen molar-refractivity contribution in [3.63, 3.8) is 0 Å². The predicted octanol–water partition coefficient (Wildman–Crippen LogP) is 3.30. The van der Waals surface area contributed by atoms with Gasteiger partial charge in [0, 0.05) is 25.3 Å². The summed E-state index contributed by atoms with van der Waals surface area (Å²) < 4.78 is 0. The number of hydrogen-bond acceptors (Lipinski definition) is 4. The minimum atomic E-state index is -0.300. The molecule has 112 valence electrons. The van der Waals surface area contributed by atoms with Gasteiger partial charge in [0.15, 0.2) is 11.6 Å². The second-order valence-electron chi connectivity index (χ2n) is 5.10. The van der Waals surface area contributed by atoms with Crippen molar-refractivity contribution in [2.24, 2.45) is 4.99 Å². The Balaban J connectivity index is 1.95. The third-order valence-corrected chi connectivity index (χ3v) is 3.15. The van der Waals surface area contributed by atoms with Crippen LogP contribution in [0.4, 0.5) is 11.4 Å². The highest BCUT2D eigenvalue weighted by atomic mass is 16.1. The summed E-state index contributed by atoms with van der Waals surface area (Å²) in [7, 11) is 3.91. The first-order chi connectivity index (χ1) is 10.6. The van der Waals surface area contributed by atoms with Crippen LogP contribution in [0.25, 0.3) is 0 Å². The van der Waals surface area contributed by atoms with Crippen LogP contribution >= 0.6 is 0 Å². The van der Waals surface area contributed by atoms with E-state index < -0.39 is 0 Å². The lowest BCUT2D eigenvalue weighted by atomic mass is 10.1. The Hall–Kier alpha value is -2.75. The Bertz CT molecular complexity index is 674. The number of nitrogens with zero attached hydrogens (tertiary/aromatic N) is 2. The first kappa shape index (κ1) is 15.6. The van der Waals surface area contributed by atoms with Crippen molar-refractivity contribution >= 4 is 29.2 Å². The van der Waals surface area contributed by atoms with Crippen LogP contribution in [-0.2, 0) is 4.79 Å². The molecule has 0 unspecified atom stereocenters. The largest absolute Gasteiger partial charge is 0.378 e. The van der Waals surface area contributed by atoms with E-state index in [1.807, 2.05) is 49.3 Å². The lowest BCUT2D eigenvalue weighted by Gasteiger charge is -2.11. The summed E-state index contributed by atoms with van der Waals surface area (Å²) in [6.07, 6.45) is 1.05. The average Bonchev–Trinajstić information content (AvgIpc) is 2.54. The number of rotatable bonds is 6. The van der Waals surface area contributed by atoms with Gasteiger partial charge in [-0.2, -0.15) is 0 Å². The highest BCUT2D eigenvalue weighted by molar-refractivity contribution is 6.33. The molecule has 2 aromatic rings. The number of anilines is 1.